The first-order chi connectivity index (χ1) is 15.7. The van der Waals surface area contributed by atoms with E-state index >= 15 is 0 Å². The number of methoxy groups -OCH3 is 1. The SMILES string of the molecule is CCOC(=O)c1cc(S(=O)(=O)N2CCCC2C(=O)Nc2nc3ccc(OC)cc3s2)cn1C. The third kappa shape index (κ3) is 4.45. The van der Waals surface area contributed by atoms with Crippen LogP contribution in [0.3, 0.4) is 0 Å². The number of fused-ring (bicyclic) bond motifs is 1. The minimum absolute atomic E-state index is 0.0557. The van der Waals surface area contributed by atoms with Gasteiger partial charge >= 0.3 is 5.97 Å². The van der Waals surface area contributed by atoms with E-state index in [2.05, 4.69) is 10.3 Å². The third-order valence-corrected chi connectivity index (χ3v) is 8.21. The van der Waals surface area contributed by atoms with Crippen LogP contribution in [0.4, 0.5) is 5.13 Å². The van der Waals surface area contributed by atoms with E-state index in [1.54, 1.807) is 33.2 Å². The van der Waals surface area contributed by atoms with E-state index in [4.69, 9.17) is 9.47 Å². The predicted octanol–water partition coefficient (Wildman–Crippen LogP) is 2.61. The van der Waals surface area contributed by atoms with E-state index in [0.717, 1.165) is 4.70 Å². The van der Waals surface area contributed by atoms with Crippen molar-refractivity contribution in [2.24, 2.45) is 7.05 Å². The Morgan fingerprint density at radius 1 is 1.30 bits per heavy atom. The van der Waals surface area contributed by atoms with Crippen LogP contribution < -0.4 is 10.1 Å². The normalized spacial score (nSPS) is 16.8. The highest BCUT2D eigenvalue weighted by molar-refractivity contribution is 7.89. The minimum Gasteiger partial charge on any atom is -0.497 e. The molecule has 0 saturated carbocycles. The Labute approximate surface area is 195 Å². The fourth-order valence-electron chi connectivity index (χ4n) is 3.78. The number of ether oxygens (including phenoxy) is 2. The summed E-state index contributed by atoms with van der Waals surface area (Å²) in [6.45, 7) is 2.06. The Bertz CT molecular complexity index is 1310. The Balaban J connectivity index is 1.55. The zero-order valence-electron chi connectivity index (χ0n) is 18.4. The second-order valence-corrected chi connectivity index (χ2v) is 10.4. The summed E-state index contributed by atoms with van der Waals surface area (Å²) < 4.78 is 40.3. The molecule has 1 amide bonds. The third-order valence-electron chi connectivity index (χ3n) is 5.40. The van der Waals surface area contributed by atoms with E-state index in [0.29, 0.717) is 29.2 Å². The van der Waals surface area contributed by atoms with Crippen molar-refractivity contribution in [1.29, 1.82) is 0 Å². The number of carbonyl (C=O) groups excluding carboxylic acids is 2. The fraction of sp³-hybridized carbons (Fsp3) is 0.381. The number of nitrogens with zero attached hydrogens (tertiary/aromatic N) is 3. The first-order valence-electron chi connectivity index (χ1n) is 10.4. The minimum atomic E-state index is -4.00. The van der Waals surface area contributed by atoms with E-state index < -0.39 is 27.9 Å². The first-order valence-corrected chi connectivity index (χ1v) is 12.6. The van der Waals surface area contributed by atoms with Crippen LogP contribution in [0, 0.1) is 0 Å². The van der Waals surface area contributed by atoms with Crippen molar-refractivity contribution in [2.75, 3.05) is 25.6 Å². The van der Waals surface area contributed by atoms with Gasteiger partial charge in [0.05, 0.1) is 23.9 Å². The molecule has 0 bridgehead atoms. The quantitative estimate of drug-likeness (QED) is 0.504. The van der Waals surface area contributed by atoms with E-state index in [-0.39, 0.29) is 23.7 Å². The molecule has 1 aromatic carbocycles. The second kappa shape index (κ2) is 9.12. The van der Waals surface area contributed by atoms with Gasteiger partial charge in [-0.2, -0.15) is 4.31 Å². The van der Waals surface area contributed by atoms with Gasteiger partial charge in [-0.05, 0) is 44.0 Å². The van der Waals surface area contributed by atoms with Crippen LogP contribution in [0.2, 0.25) is 0 Å². The average Bonchev–Trinajstić information content (AvgIpc) is 3.51. The van der Waals surface area contributed by atoms with Crippen LogP contribution in [0.15, 0.2) is 35.4 Å². The van der Waals surface area contributed by atoms with Gasteiger partial charge in [-0.1, -0.05) is 11.3 Å². The molecule has 1 aliphatic heterocycles. The van der Waals surface area contributed by atoms with Gasteiger partial charge < -0.3 is 19.4 Å². The molecular weight excluding hydrogens is 468 g/mol. The Morgan fingerprint density at radius 2 is 2.09 bits per heavy atom. The molecule has 2 aromatic heterocycles. The van der Waals surface area contributed by atoms with Crippen LogP contribution in [0.1, 0.15) is 30.3 Å². The lowest BCUT2D eigenvalue weighted by Crippen LogP contribution is -2.43. The lowest BCUT2D eigenvalue weighted by molar-refractivity contribution is -0.119. The number of thiazole rings is 1. The first kappa shape index (κ1) is 23.2. The molecule has 1 unspecified atom stereocenters. The number of amides is 1. The van der Waals surface area contributed by atoms with Gasteiger partial charge in [-0.25, -0.2) is 18.2 Å². The number of benzene rings is 1. The van der Waals surface area contributed by atoms with Crippen molar-refractivity contribution in [3.8, 4) is 5.75 Å². The van der Waals surface area contributed by atoms with Crippen LogP contribution in [-0.4, -0.2) is 60.5 Å². The molecule has 1 atom stereocenters. The lowest BCUT2D eigenvalue weighted by atomic mass is 10.2. The number of rotatable bonds is 7. The summed E-state index contributed by atoms with van der Waals surface area (Å²) >= 11 is 1.29. The number of hydrogen-bond acceptors (Lipinski definition) is 8. The maximum Gasteiger partial charge on any atom is 0.354 e. The number of carbonyl (C=O) groups is 2. The monoisotopic (exact) mass is 492 g/mol. The predicted molar refractivity (Wildman–Crippen MR) is 123 cm³/mol. The topological polar surface area (TPSA) is 120 Å². The Morgan fingerprint density at radius 3 is 2.82 bits per heavy atom. The molecule has 0 aliphatic carbocycles. The summed E-state index contributed by atoms with van der Waals surface area (Å²) in [6, 6.07) is 5.81. The number of anilines is 1. The molecule has 33 heavy (non-hydrogen) atoms. The van der Waals surface area contributed by atoms with Gasteiger partial charge in [0.25, 0.3) is 0 Å². The van der Waals surface area contributed by atoms with Gasteiger partial charge in [-0.3, -0.25) is 4.79 Å². The van der Waals surface area contributed by atoms with E-state index in [1.165, 1.54) is 32.5 Å². The Hall–Kier alpha value is -2.96. The zero-order chi connectivity index (χ0) is 23.8. The maximum atomic E-state index is 13.3. The highest BCUT2D eigenvalue weighted by Gasteiger charge is 2.40. The number of hydrogen-bond donors (Lipinski definition) is 1. The number of esters is 1. The van der Waals surface area contributed by atoms with Crippen molar-refractivity contribution in [3.05, 3.63) is 36.2 Å². The molecule has 10 nitrogen and oxygen atoms in total. The average molecular weight is 493 g/mol. The number of aryl methyl sites for hydroxylation is 1. The Kier molecular flexibility index (Phi) is 6.41. The summed E-state index contributed by atoms with van der Waals surface area (Å²) in [5, 5.41) is 3.14. The molecule has 0 spiro atoms. The molecule has 1 aliphatic rings. The molecule has 12 heteroatoms. The summed E-state index contributed by atoms with van der Waals surface area (Å²) in [6.07, 6.45) is 2.29. The molecule has 4 rings (SSSR count). The van der Waals surface area contributed by atoms with Crippen LogP contribution in [-0.2, 0) is 26.6 Å². The van der Waals surface area contributed by atoms with Gasteiger partial charge in [0.15, 0.2) is 5.13 Å². The highest BCUT2D eigenvalue weighted by atomic mass is 32.2. The van der Waals surface area contributed by atoms with Gasteiger partial charge in [-0.15, -0.1) is 0 Å². The van der Waals surface area contributed by atoms with Crippen molar-refractivity contribution < 1.29 is 27.5 Å². The molecule has 3 aromatic rings. The highest BCUT2D eigenvalue weighted by Crippen LogP contribution is 2.31. The van der Waals surface area contributed by atoms with Gasteiger partial charge in [0.2, 0.25) is 15.9 Å². The van der Waals surface area contributed by atoms with E-state index in [1.807, 2.05) is 6.07 Å². The van der Waals surface area contributed by atoms with Crippen molar-refractivity contribution in [1.82, 2.24) is 13.9 Å². The summed E-state index contributed by atoms with van der Waals surface area (Å²) in [5.41, 5.74) is 0.836. The van der Waals surface area contributed by atoms with Crippen molar-refractivity contribution in [3.63, 3.8) is 0 Å². The zero-order valence-corrected chi connectivity index (χ0v) is 20.0. The lowest BCUT2D eigenvalue weighted by Gasteiger charge is -2.22. The van der Waals surface area contributed by atoms with Crippen LogP contribution in [0.5, 0.6) is 5.75 Å². The fourth-order valence-corrected chi connectivity index (χ4v) is 6.41. The summed E-state index contributed by atoms with van der Waals surface area (Å²) in [5.74, 6) is -0.365. The summed E-state index contributed by atoms with van der Waals surface area (Å²) in [4.78, 5) is 29.5. The molecule has 1 fully saturated rings. The molecule has 0 radical (unpaired) electrons. The van der Waals surface area contributed by atoms with Crippen LogP contribution in [0.25, 0.3) is 10.2 Å². The summed E-state index contributed by atoms with van der Waals surface area (Å²) in [7, 11) is -0.856. The van der Waals surface area contributed by atoms with Crippen LogP contribution >= 0.6 is 11.3 Å². The molecule has 1 saturated heterocycles. The van der Waals surface area contributed by atoms with Gasteiger partial charge in [0, 0.05) is 19.8 Å². The smallest absolute Gasteiger partial charge is 0.354 e. The van der Waals surface area contributed by atoms with E-state index in [9.17, 15) is 18.0 Å². The number of aromatic nitrogens is 2. The standard InChI is InChI=1S/C21H24N4O6S2/c1-4-31-20(27)17-11-14(12-24(17)2)33(28,29)25-9-5-6-16(25)19(26)23-21-22-15-8-7-13(30-3)10-18(15)32-21/h7-8,10-12,16H,4-6,9H2,1-3H3,(H,22,23,26). The molecule has 3 heterocycles. The maximum absolute atomic E-state index is 13.3. The second-order valence-electron chi connectivity index (χ2n) is 7.51. The molecule has 1 N–H and O–H groups in total. The molecular formula is C21H24N4O6S2. The number of sulfonamides is 1. The van der Waals surface area contributed by atoms with Crippen molar-refractivity contribution >= 4 is 48.6 Å². The molecule has 176 valence electrons. The van der Waals surface area contributed by atoms with Gasteiger partial charge in [0.1, 0.15) is 22.4 Å². The number of nitrogens with one attached hydrogen (secondary N) is 1. The largest absolute Gasteiger partial charge is 0.497 e. The van der Waals surface area contributed by atoms with Crippen molar-refractivity contribution in [2.45, 2.75) is 30.7 Å².